The number of halogens is 1. The normalized spacial score (nSPS) is 20.7. The van der Waals surface area contributed by atoms with Crippen molar-refractivity contribution in [3.8, 4) is 0 Å². The lowest BCUT2D eigenvalue weighted by Crippen LogP contribution is -2.43. The second-order valence-corrected chi connectivity index (χ2v) is 6.90. The molecule has 0 radical (unpaired) electrons. The van der Waals surface area contributed by atoms with Gasteiger partial charge in [-0.15, -0.1) is 0 Å². The molecule has 0 aromatic heterocycles. The number of hydrogen-bond donors (Lipinski definition) is 3. The molecule has 0 spiro atoms. The van der Waals surface area contributed by atoms with Gasteiger partial charge >= 0.3 is 0 Å². The Balaban J connectivity index is 1.85. The van der Waals surface area contributed by atoms with Gasteiger partial charge in [0.1, 0.15) is 12.4 Å². The van der Waals surface area contributed by atoms with Crippen molar-refractivity contribution in [2.75, 3.05) is 24.7 Å². The largest absolute Gasteiger partial charge is 0.357 e. The van der Waals surface area contributed by atoms with Gasteiger partial charge in [-0.3, -0.25) is 4.79 Å². The summed E-state index contributed by atoms with van der Waals surface area (Å²) in [5.41, 5.74) is 0.563. The number of nitrogens with one attached hydrogen (secondary N) is 3. The molecule has 132 valence electrons. The summed E-state index contributed by atoms with van der Waals surface area (Å²) in [7, 11) is 0. The third kappa shape index (κ3) is 6.03. The highest BCUT2D eigenvalue weighted by molar-refractivity contribution is 7.99. The fraction of sp³-hybridized carbons (Fsp3) is 0.529. The zero-order valence-electron chi connectivity index (χ0n) is 14.1. The number of thioether (sulfide) groups is 1. The maximum absolute atomic E-state index is 12.9. The monoisotopic (exact) mass is 352 g/mol. The van der Waals surface area contributed by atoms with Gasteiger partial charge in [-0.25, -0.2) is 9.38 Å². The lowest BCUT2D eigenvalue weighted by Gasteiger charge is -2.17. The predicted octanol–water partition coefficient (Wildman–Crippen LogP) is 2.60. The number of carbonyl (C=O) groups excluding carboxylic acids is 1. The minimum absolute atomic E-state index is 0.0192. The molecule has 7 heteroatoms. The van der Waals surface area contributed by atoms with E-state index in [1.165, 1.54) is 30.7 Å². The van der Waals surface area contributed by atoms with Gasteiger partial charge in [0.15, 0.2) is 5.96 Å². The number of aliphatic imine (C=N–C) groups is 1. The molecule has 1 amide bonds. The molecule has 1 aliphatic rings. The lowest BCUT2D eigenvalue weighted by atomic mass is 10.2. The number of carbonyl (C=O) groups is 1. The molecule has 24 heavy (non-hydrogen) atoms. The van der Waals surface area contributed by atoms with E-state index in [0.717, 1.165) is 19.4 Å². The molecule has 0 heterocycles. The van der Waals surface area contributed by atoms with E-state index in [0.29, 0.717) is 22.9 Å². The first-order chi connectivity index (χ1) is 11.6. The van der Waals surface area contributed by atoms with Gasteiger partial charge in [-0.2, -0.15) is 11.8 Å². The van der Waals surface area contributed by atoms with Crippen molar-refractivity contribution in [2.24, 2.45) is 4.99 Å². The van der Waals surface area contributed by atoms with Gasteiger partial charge in [-0.05, 0) is 56.7 Å². The molecule has 1 saturated carbocycles. The molecule has 1 fully saturated rings. The molecular formula is C17H25FN4OS. The van der Waals surface area contributed by atoms with Crippen LogP contribution >= 0.6 is 11.8 Å². The fourth-order valence-corrected chi connectivity index (χ4v) is 3.48. The molecule has 1 aliphatic carbocycles. The summed E-state index contributed by atoms with van der Waals surface area (Å²) in [4.78, 5) is 16.3. The standard InChI is InChI=1S/C17H25FN4OS/c1-3-19-17(22-14-8-9-15(10-14)24-2)20-11-16(23)21-13-6-4-12(18)5-7-13/h4-7,14-15H,3,8-11H2,1-2H3,(H,21,23)(H2,19,20,22). The maximum atomic E-state index is 12.9. The smallest absolute Gasteiger partial charge is 0.246 e. The minimum atomic E-state index is -0.329. The van der Waals surface area contributed by atoms with E-state index < -0.39 is 0 Å². The quantitative estimate of drug-likeness (QED) is 0.544. The van der Waals surface area contributed by atoms with E-state index >= 15 is 0 Å². The van der Waals surface area contributed by atoms with Gasteiger partial charge < -0.3 is 16.0 Å². The van der Waals surface area contributed by atoms with Gasteiger partial charge in [-0.1, -0.05) is 0 Å². The van der Waals surface area contributed by atoms with Gasteiger partial charge in [0.05, 0.1) is 0 Å². The van der Waals surface area contributed by atoms with Crippen molar-refractivity contribution in [2.45, 2.75) is 37.5 Å². The molecule has 1 aromatic rings. The van der Waals surface area contributed by atoms with Crippen molar-refractivity contribution in [1.29, 1.82) is 0 Å². The molecule has 0 aliphatic heterocycles. The van der Waals surface area contributed by atoms with Crippen LogP contribution in [0.5, 0.6) is 0 Å². The second kappa shape index (κ2) is 9.52. The Morgan fingerprint density at radius 1 is 1.33 bits per heavy atom. The number of anilines is 1. The van der Waals surface area contributed by atoms with E-state index in [1.54, 1.807) is 0 Å². The molecule has 0 bridgehead atoms. The van der Waals surface area contributed by atoms with Crippen molar-refractivity contribution < 1.29 is 9.18 Å². The Morgan fingerprint density at radius 3 is 2.71 bits per heavy atom. The Morgan fingerprint density at radius 2 is 2.08 bits per heavy atom. The average Bonchev–Trinajstić information content (AvgIpc) is 3.03. The summed E-state index contributed by atoms with van der Waals surface area (Å²) < 4.78 is 12.9. The zero-order valence-corrected chi connectivity index (χ0v) is 15.0. The van der Waals surface area contributed by atoms with Crippen LogP contribution in [0.25, 0.3) is 0 Å². The summed E-state index contributed by atoms with van der Waals surface area (Å²) >= 11 is 1.91. The topological polar surface area (TPSA) is 65.5 Å². The van der Waals surface area contributed by atoms with Crippen molar-refractivity contribution in [1.82, 2.24) is 10.6 Å². The number of amides is 1. The average molecular weight is 352 g/mol. The molecule has 5 nitrogen and oxygen atoms in total. The van der Waals surface area contributed by atoms with Crippen LogP contribution in [-0.2, 0) is 4.79 Å². The van der Waals surface area contributed by atoms with Crippen molar-refractivity contribution in [3.63, 3.8) is 0 Å². The second-order valence-electron chi connectivity index (χ2n) is 5.76. The molecule has 2 unspecified atom stereocenters. The van der Waals surface area contributed by atoms with Crippen LogP contribution in [0, 0.1) is 5.82 Å². The third-order valence-electron chi connectivity index (χ3n) is 3.91. The van der Waals surface area contributed by atoms with Crippen molar-refractivity contribution >= 4 is 29.3 Å². The number of rotatable bonds is 6. The van der Waals surface area contributed by atoms with Crippen LogP contribution in [0.1, 0.15) is 26.2 Å². The van der Waals surface area contributed by atoms with Crippen molar-refractivity contribution in [3.05, 3.63) is 30.1 Å². The maximum Gasteiger partial charge on any atom is 0.246 e. The summed E-state index contributed by atoms with van der Waals surface area (Å²) in [5, 5.41) is 9.98. The minimum Gasteiger partial charge on any atom is -0.357 e. The summed E-state index contributed by atoms with van der Waals surface area (Å²) in [6.45, 7) is 2.75. The first-order valence-corrected chi connectivity index (χ1v) is 9.52. The van der Waals surface area contributed by atoms with Crippen LogP contribution in [0.4, 0.5) is 10.1 Å². The van der Waals surface area contributed by atoms with E-state index in [4.69, 9.17) is 0 Å². The van der Waals surface area contributed by atoms with Crippen LogP contribution in [0.3, 0.4) is 0 Å². The van der Waals surface area contributed by atoms with E-state index in [2.05, 4.69) is 27.2 Å². The van der Waals surface area contributed by atoms with Crippen LogP contribution in [0.15, 0.2) is 29.3 Å². The van der Waals surface area contributed by atoms with Gasteiger partial charge in [0, 0.05) is 23.5 Å². The fourth-order valence-electron chi connectivity index (χ4n) is 2.68. The van der Waals surface area contributed by atoms with Gasteiger partial charge in [0.25, 0.3) is 0 Å². The first kappa shape index (κ1) is 18.6. The lowest BCUT2D eigenvalue weighted by molar-refractivity contribution is -0.114. The number of guanidine groups is 1. The summed E-state index contributed by atoms with van der Waals surface area (Å²) in [5.74, 6) is 0.107. The van der Waals surface area contributed by atoms with E-state index in [-0.39, 0.29) is 18.3 Å². The highest BCUT2D eigenvalue weighted by Crippen LogP contribution is 2.27. The molecule has 3 N–H and O–H groups in total. The van der Waals surface area contributed by atoms with Crippen LogP contribution in [-0.4, -0.2) is 42.5 Å². The molecule has 2 atom stereocenters. The Hall–Kier alpha value is -1.76. The molecule has 1 aromatic carbocycles. The molecule has 0 saturated heterocycles. The number of hydrogen-bond acceptors (Lipinski definition) is 3. The van der Waals surface area contributed by atoms with Crippen LogP contribution in [0.2, 0.25) is 0 Å². The summed E-state index contributed by atoms with van der Waals surface area (Å²) in [6, 6.07) is 6.09. The first-order valence-electron chi connectivity index (χ1n) is 8.23. The third-order valence-corrected chi connectivity index (χ3v) is 5.01. The molecular weight excluding hydrogens is 327 g/mol. The van der Waals surface area contributed by atoms with E-state index in [9.17, 15) is 9.18 Å². The highest BCUT2D eigenvalue weighted by Gasteiger charge is 2.24. The Kier molecular flexibility index (Phi) is 7.36. The Labute approximate surface area is 146 Å². The SMILES string of the molecule is CCNC(=NCC(=O)Nc1ccc(F)cc1)NC1CCC(SC)C1. The zero-order chi connectivity index (χ0) is 17.4. The number of nitrogens with zero attached hydrogens (tertiary/aromatic N) is 1. The van der Waals surface area contributed by atoms with E-state index in [1.807, 2.05) is 18.7 Å². The highest BCUT2D eigenvalue weighted by atomic mass is 32.2. The summed E-state index contributed by atoms with van der Waals surface area (Å²) in [6.07, 6.45) is 5.60. The predicted molar refractivity (Wildman–Crippen MR) is 99.1 cm³/mol. The van der Waals surface area contributed by atoms with Gasteiger partial charge in [0.2, 0.25) is 5.91 Å². The van der Waals surface area contributed by atoms with Crippen LogP contribution < -0.4 is 16.0 Å². The molecule has 2 rings (SSSR count). The Bertz CT molecular complexity index is 564. The number of benzene rings is 1.